The molecule has 0 amide bonds. The Morgan fingerprint density at radius 3 is 2.53 bits per heavy atom. The van der Waals surface area contributed by atoms with Crippen molar-refractivity contribution >= 4 is 16.8 Å². The van der Waals surface area contributed by atoms with Crippen LogP contribution in [0.4, 0.5) is 0 Å². The van der Waals surface area contributed by atoms with Crippen LogP contribution in [0.2, 0.25) is 0 Å². The van der Waals surface area contributed by atoms with Crippen LogP contribution in [0.5, 0.6) is 0 Å². The second-order valence-electron chi connectivity index (χ2n) is 4.98. The lowest BCUT2D eigenvalue weighted by Gasteiger charge is -2.35. The molecule has 0 saturated carbocycles. The van der Waals surface area contributed by atoms with E-state index in [-0.39, 0.29) is 17.2 Å². The van der Waals surface area contributed by atoms with E-state index >= 15 is 0 Å². The largest absolute Gasteiger partial charge is 0.288 e. The Labute approximate surface area is 108 Å². The summed E-state index contributed by atoms with van der Waals surface area (Å²) in [6.07, 6.45) is 1.00. The molecular formula is C14H18ClNO. The molecule has 0 aromatic heterocycles. The Balaban J connectivity index is 2.19. The fourth-order valence-electron chi connectivity index (χ4n) is 2.58. The Bertz CT molecular complexity index is 416. The molecule has 1 aliphatic rings. The van der Waals surface area contributed by atoms with Crippen LogP contribution in [0, 0.1) is 5.92 Å². The van der Waals surface area contributed by atoms with Gasteiger partial charge in [-0.3, -0.25) is 9.69 Å². The number of nitrogens with zero attached hydrogens (tertiary/aromatic N) is 1. The van der Waals surface area contributed by atoms with Crippen molar-refractivity contribution in [3.8, 4) is 0 Å². The minimum Gasteiger partial charge on any atom is -0.288 e. The second kappa shape index (κ2) is 5.19. The molecule has 1 atom stereocenters. The predicted molar refractivity (Wildman–Crippen MR) is 70.0 cm³/mol. The molecule has 3 heteroatoms. The number of carbonyl (C=O) groups is 1. The number of hydrogen-bond acceptors (Lipinski definition) is 2. The van der Waals surface area contributed by atoms with E-state index in [1.165, 1.54) is 11.1 Å². The van der Waals surface area contributed by atoms with Crippen LogP contribution in [-0.4, -0.2) is 22.7 Å². The minimum absolute atomic E-state index is 0.162. The van der Waals surface area contributed by atoms with E-state index in [9.17, 15) is 4.79 Å². The van der Waals surface area contributed by atoms with Gasteiger partial charge in [0, 0.05) is 13.1 Å². The summed E-state index contributed by atoms with van der Waals surface area (Å²) in [5.41, 5.74) is 2.72. The van der Waals surface area contributed by atoms with Crippen LogP contribution in [0.15, 0.2) is 24.3 Å². The molecule has 0 radical (unpaired) electrons. The maximum absolute atomic E-state index is 11.5. The summed E-state index contributed by atoms with van der Waals surface area (Å²) in [5.74, 6) is 0.255. The maximum Gasteiger partial charge on any atom is 0.239 e. The lowest BCUT2D eigenvalue weighted by Crippen LogP contribution is -2.45. The third-order valence-corrected chi connectivity index (χ3v) is 3.64. The highest BCUT2D eigenvalue weighted by atomic mass is 35.5. The van der Waals surface area contributed by atoms with Crippen LogP contribution >= 0.6 is 11.6 Å². The summed E-state index contributed by atoms with van der Waals surface area (Å²) >= 11 is 5.72. The SMILES string of the molecule is CC(C)C(C(=O)Cl)N1CCc2ccccc2C1. The molecule has 1 aromatic rings. The maximum atomic E-state index is 11.5. The zero-order valence-electron chi connectivity index (χ0n) is 10.3. The molecule has 17 heavy (non-hydrogen) atoms. The van der Waals surface area contributed by atoms with Gasteiger partial charge in [0.05, 0.1) is 6.04 Å². The molecule has 1 heterocycles. The first-order valence-electron chi connectivity index (χ1n) is 6.09. The van der Waals surface area contributed by atoms with E-state index < -0.39 is 0 Å². The van der Waals surface area contributed by atoms with Crippen LogP contribution in [-0.2, 0) is 17.8 Å². The summed E-state index contributed by atoms with van der Waals surface area (Å²) < 4.78 is 0. The Morgan fingerprint density at radius 1 is 1.29 bits per heavy atom. The third-order valence-electron chi connectivity index (χ3n) is 3.42. The molecule has 2 nitrogen and oxygen atoms in total. The summed E-state index contributed by atoms with van der Waals surface area (Å²) in [6, 6.07) is 8.26. The molecule has 1 aliphatic heterocycles. The van der Waals surface area contributed by atoms with Crippen molar-refractivity contribution in [2.24, 2.45) is 5.92 Å². The Morgan fingerprint density at radius 2 is 1.94 bits per heavy atom. The van der Waals surface area contributed by atoms with Gasteiger partial charge >= 0.3 is 0 Å². The first-order valence-corrected chi connectivity index (χ1v) is 6.47. The van der Waals surface area contributed by atoms with Crippen molar-refractivity contribution in [2.45, 2.75) is 32.9 Å². The molecule has 0 spiro atoms. The molecule has 0 fully saturated rings. The summed E-state index contributed by atoms with van der Waals surface area (Å²) in [4.78, 5) is 13.7. The van der Waals surface area contributed by atoms with E-state index in [2.05, 4.69) is 29.2 Å². The predicted octanol–water partition coefficient (Wildman–Crippen LogP) is 2.83. The van der Waals surface area contributed by atoms with Crippen molar-refractivity contribution in [1.29, 1.82) is 0 Å². The number of benzene rings is 1. The quantitative estimate of drug-likeness (QED) is 0.770. The molecular weight excluding hydrogens is 234 g/mol. The first kappa shape index (κ1) is 12.6. The van der Waals surface area contributed by atoms with Gasteiger partial charge in [-0.1, -0.05) is 38.1 Å². The summed E-state index contributed by atoms with van der Waals surface area (Å²) in [6.45, 7) is 5.84. The minimum atomic E-state index is -0.237. The van der Waals surface area contributed by atoms with Gasteiger partial charge < -0.3 is 0 Å². The van der Waals surface area contributed by atoms with E-state index in [1.807, 2.05) is 13.8 Å². The molecule has 92 valence electrons. The lowest BCUT2D eigenvalue weighted by molar-refractivity contribution is -0.118. The molecule has 0 N–H and O–H groups in total. The smallest absolute Gasteiger partial charge is 0.239 e. The molecule has 0 bridgehead atoms. The average Bonchev–Trinajstić information content (AvgIpc) is 2.28. The number of rotatable bonds is 3. The first-order chi connectivity index (χ1) is 8.09. The van der Waals surface area contributed by atoms with Crippen molar-refractivity contribution < 1.29 is 4.79 Å². The third kappa shape index (κ3) is 2.70. The number of hydrogen-bond donors (Lipinski definition) is 0. The van der Waals surface area contributed by atoms with Crippen molar-refractivity contribution in [2.75, 3.05) is 6.54 Å². The van der Waals surface area contributed by atoms with Crippen LogP contribution < -0.4 is 0 Å². The highest BCUT2D eigenvalue weighted by Crippen LogP contribution is 2.24. The molecule has 1 unspecified atom stereocenters. The fourth-order valence-corrected chi connectivity index (χ4v) is 2.97. The van der Waals surface area contributed by atoms with Crippen molar-refractivity contribution in [1.82, 2.24) is 4.90 Å². The summed E-state index contributed by atoms with van der Waals surface area (Å²) in [5, 5.41) is -0.237. The number of fused-ring (bicyclic) bond motifs is 1. The van der Waals surface area contributed by atoms with Gasteiger partial charge in [-0.25, -0.2) is 0 Å². The monoisotopic (exact) mass is 251 g/mol. The zero-order valence-corrected chi connectivity index (χ0v) is 11.1. The van der Waals surface area contributed by atoms with E-state index in [0.29, 0.717) is 0 Å². The van der Waals surface area contributed by atoms with Crippen LogP contribution in [0.1, 0.15) is 25.0 Å². The standard InChI is InChI=1S/C14H18ClNO/c1-10(2)13(14(15)17)16-8-7-11-5-3-4-6-12(11)9-16/h3-6,10,13H,7-9H2,1-2H3. The van der Waals surface area contributed by atoms with Gasteiger partial charge in [-0.15, -0.1) is 0 Å². The van der Waals surface area contributed by atoms with Crippen LogP contribution in [0.25, 0.3) is 0 Å². The van der Waals surface area contributed by atoms with Crippen molar-refractivity contribution in [3.05, 3.63) is 35.4 Å². The molecule has 0 saturated heterocycles. The van der Waals surface area contributed by atoms with Gasteiger partial charge in [0.2, 0.25) is 5.24 Å². The fraction of sp³-hybridized carbons (Fsp3) is 0.500. The average molecular weight is 252 g/mol. The van der Waals surface area contributed by atoms with Crippen molar-refractivity contribution in [3.63, 3.8) is 0 Å². The number of carbonyl (C=O) groups excluding carboxylic acids is 1. The zero-order chi connectivity index (χ0) is 12.4. The lowest BCUT2D eigenvalue weighted by atomic mass is 9.96. The van der Waals surface area contributed by atoms with E-state index in [4.69, 9.17) is 11.6 Å². The van der Waals surface area contributed by atoms with Gasteiger partial charge in [0.25, 0.3) is 0 Å². The van der Waals surface area contributed by atoms with Crippen LogP contribution in [0.3, 0.4) is 0 Å². The molecule has 2 rings (SSSR count). The highest BCUT2D eigenvalue weighted by Gasteiger charge is 2.29. The molecule has 0 aliphatic carbocycles. The van der Waals surface area contributed by atoms with Gasteiger partial charge in [-0.05, 0) is 35.1 Å². The molecule has 1 aromatic carbocycles. The highest BCUT2D eigenvalue weighted by molar-refractivity contribution is 6.64. The van der Waals surface area contributed by atoms with E-state index in [0.717, 1.165) is 19.5 Å². The Kier molecular flexibility index (Phi) is 3.85. The van der Waals surface area contributed by atoms with E-state index in [1.54, 1.807) is 0 Å². The van der Waals surface area contributed by atoms with Gasteiger partial charge in [0.15, 0.2) is 0 Å². The topological polar surface area (TPSA) is 20.3 Å². The van der Waals surface area contributed by atoms with Gasteiger partial charge in [-0.2, -0.15) is 0 Å². The van der Waals surface area contributed by atoms with Gasteiger partial charge in [0.1, 0.15) is 0 Å². The summed E-state index contributed by atoms with van der Waals surface area (Å²) in [7, 11) is 0. The second-order valence-corrected chi connectivity index (χ2v) is 5.35. The Hall–Kier alpha value is -0.860. The normalized spacial score (nSPS) is 17.9. The number of halogens is 1.